The number of nitrogens with one attached hydrogen (secondary N) is 1. The van der Waals surface area contributed by atoms with Crippen LogP contribution < -0.4 is 5.32 Å². The van der Waals surface area contributed by atoms with Crippen molar-refractivity contribution in [1.29, 1.82) is 5.26 Å². The number of amides is 1. The van der Waals surface area contributed by atoms with E-state index in [1.807, 2.05) is 13.0 Å². The van der Waals surface area contributed by atoms with Gasteiger partial charge in [0.05, 0.1) is 29.6 Å². The molecule has 1 N–H and O–H groups in total. The number of carbonyl (C=O) groups excluding carboxylic acids is 1. The summed E-state index contributed by atoms with van der Waals surface area (Å²) >= 11 is 0. The maximum atomic E-state index is 11.8. The van der Waals surface area contributed by atoms with Gasteiger partial charge in [-0.05, 0) is 25.5 Å². The van der Waals surface area contributed by atoms with Crippen LogP contribution in [0.3, 0.4) is 0 Å². The molecule has 2 rings (SSSR count). The summed E-state index contributed by atoms with van der Waals surface area (Å²) in [6.07, 6.45) is 5.90. The van der Waals surface area contributed by atoms with E-state index >= 15 is 0 Å². The van der Waals surface area contributed by atoms with Crippen LogP contribution in [0.5, 0.6) is 0 Å². The minimum absolute atomic E-state index is 0.388. The van der Waals surface area contributed by atoms with Gasteiger partial charge in [-0.15, -0.1) is 0 Å². The third kappa shape index (κ3) is 4.49. The topological polar surface area (TPSA) is 101 Å². The van der Waals surface area contributed by atoms with E-state index in [1.54, 1.807) is 31.5 Å². The maximum Gasteiger partial charge on any atom is 0.407 e. The van der Waals surface area contributed by atoms with Crippen molar-refractivity contribution in [3.05, 3.63) is 42.0 Å². The second kappa shape index (κ2) is 8.58. The first-order valence-electron chi connectivity index (χ1n) is 7.76. The van der Waals surface area contributed by atoms with Gasteiger partial charge < -0.3 is 10.1 Å². The molecule has 0 fully saturated rings. The lowest BCUT2D eigenvalue weighted by atomic mass is 10.1. The Morgan fingerprint density at radius 2 is 2.12 bits per heavy atom. The molecular formula is C17H19N5O2. The minimum atomic E-state index is -0.486. The zero-order valence-corrected chi connectivity index (χ0v) is 13.7. The first-order valence-corrected chi connectivity index (χ1v) is 7.76. The van der Waals surface area contributed by atoms with Crippen LogP contribution in [0.15, 0.2) is 30.7 Å². The fraction of sp³-hybridized carbons (Fsp3) is 0.353. The van der Waals surface area contributed by atoms with Gasteiger partial charge in [0, 0.05) is 18.6 Å². The number of aromatic nitrogens is 3. The molecule has 7 heteroatoms. The lowest BCUT2D eigenvalue weighted by Gasteiger charge is -2.16. The van der Waals surface area contributed by atoms with Crippen LogP contribution in [-0.2, 0) is 4.74 Å². The van der Waals surface area contributed by atoms with Crippen LogP contribution in [-0.4, -0.2) is 27.7 Å². The van der Waals surface area contributed by atoms with Crippen molar-refractivity contribution in [1.82, 2.24) is 20.3 Å². The number of unbranched alkanes of at least 4 members (excludes halogenated alkanes) is 1. The van der Waals surface area contributed by atoms with Gasteiger partial charge in [0.2, 0.25) is 0 Å². The molecule has 0 spiro atoms. The van der Waals surface area contributed by atoms with E-state index in [0.29, 0.717) is 29.3 Å². The average Bonchev–Trinajstić information content (AvgIpc) is 2.62. The van der Waals surface area contributed by atoms with Crippen LogP contribution in [0.2, 0.25) is 0 Å². The third-order valence-electron chi connectivity index (χ3n) is 3.34. The van der Waals surface area contributed by atoms with E-state index in [2.05, 4.69) is 20.3 Å². The van der Waals surface area contributed by atoms with E-state index in [4.69, 9.17) is 10.00 Å². The lowest BCUT2D eigenvalue weighted by molar-refractivity contribution is 0.141. The van der Waals surface area contributed by atoms with E-state index in [0.717, 1.165) is 12.8 Å². The highest BCUT2D eigenvalue weighted by atomic mass is 16.5. The third-order valence-corrected chi connectivity index (χ3v) is 3.34. The minimum Gasteiger partial charge on any atom is -0.450 e. The second-order valence-electron chi connectivity index (χ2n) is 5.19. The molecule has 124 valence electrons. The highest BCUT2D eigenvalue weighted by molar-refractivity contribution is 5.68. The normalized spacial score (nSPS) is 11.4. The first-order chi connectivity index (χ1) is 11.7. The van der Waals surface area contributed by atoms with Crippen LogP contribution in [0, 0.1) is 11.3 Å². The Bertz CT molecular complexity index is 725. The van der Waals surface area contributed by atoms with Crippen LogP contribution >= 0.6 is 0 Å². The molecule has 1 amide bonds. The van der Waals surface area contributed by atoms with E-state index < -0.39 is 6.09 Å². The summed E-state index contributed by atoms with van der Waals surface area (Å²) in [5, 5.41) is 11.6. The van der Waals surface area contributed by atoms with Crippen molar-refractivity contribution in [2.45, 2.75) is 32.7 Å². The van der Waals surface area contributed by atoms with Gasteiger partial charge in [0.25, 0.3) is 0 Å². The fourth-order valence-corrected chi connectivity index (χ4v) is 2.06. The number of pyridine rings is 1. The molecule has 0 bridgehead atoms. The Labute approximate surface area is 140 Å². The van der Waals surface area contributed by atoms with E-state index in [1.165, 1.54) is 6.20 Å². The number of hydrogen-bond acceptors (Lipinski definition) is 6. The van der Waals surface area contributed by atoms with Crippen molar-refractivity contribution in [3.63, 3.8) is 0 Å². The van der Waals surface area contributed by atoms with Crippen molar-refractivity contribution in [2.75, 3.05) is 6.61 Å². The van der Waals surface area contributed by atoms with E-state index in [-0.39, 0.29) is 6.04 Å². The monoisotopic (exact) mass is 325 g/mol. The van der Waals surface area contributed by atoms with Crippen LogP contribution in [0.25, 0.3) is 11.4 Å². The summed E-state index contributed by atoms with van der Waals surface area (Å²) in [6, 6.07) is 5.00. The molecule has 0 unspecified atom stereocenters. The average molecular weight is 325 g/mol. The number of nitrogens with zero attached hydrogens (tertiary/aromatic N) is 4. The maximum absolute atomic E-state index is 11.8. The number of ether oxygens (including phenoxy) is 1. The zero-order chi connectivity index (χ0) is 17.4. The highest BCUT2D eigenvalue weighted by Gasteiger charge is 2.18. The lowest BCUT2D eigenvalue weighted by Crippen LogP contribution is -2.28. The Kier molecular flexibility index (Phi) is 6.20. The molecule has 2 aromatic heterocycles. The van der Waals surface area contributed by atoms with Gasteiger partial charge >= 0.3 is 6.09 Å². The van der Waals surface area contributed by atoms with E-state index in [9.17, 15) is 4.79 Å². The number of nitriles is 1. The SMILES string of the molecule is CCCCOC(=O)N[C@@H](C)c1nccnc1-c1ccc(C#N)cn1. The van der Waals surface area contributed by atoms with Gasteiger partial charge in [0.15, 0.2) is 0 Å². The smallest absolute Gasteiger partial charge is 0.407 e. The molecule has 2 aromatic rings. The van der Waals surface area contributed by atoms with Crippen molar-refractivity contribution in [2.24, 2.45) is 0 Å². The Morgan fingerprint density at radius 3 is 2.79 bits per heavy atom. The Balaban J connectivity index is 2.15. The first kappa shape index (κ1) is 17.3. The summed E-state index contributed by atoms with van der Waals surface area (Å²) < 4.78 is 5.10. The molecule has 0 aromatic carbocycles. The van der Waals surface area contributed by atoms with Crippen LogP contribution in [0.4, 0.5) is 4.79 Å². The standard InChI is InChI=1S/C17H19N5O2/c1-3-4-9-24-17(23)22-12(2)15-16(20-8-7-19-15)14-6-5-13(10-18)11-21-14/h5-8,11-12H,3-4,9H2,1-2H3,(H,22,23)/t12-/m0/s1. The zero-order valence-electron chi connectivity index (χ0n) is 13.7. The number of alkyl carbamates (subject to hydrolysis) is 1. The highest BCUT2D eigenvalue weighted by Crippen LogP contribution is 2.22. The fourth-order valence-electron chi connectivity index (χ4n) is 2.06. The number of hydrogen-bond donors (Lipinski definition) is 1. The molecule has 0 radical (unpaired) electrons. The molecular weight excluding hydrogens is 306 g/mol. The summed E-state index contributed by atoms with van der Waals surface area (Å²) in [5.74, 6) is 0. The molecule has 1 atom stereocenters. The van der Waals surface area contributed by atoms with Crippen molar-refractivity contribution in [3.8, 4) is 17.5 Å². The summed E-state index contributed by atoms with van der Waals surface area (Å²) in [5.41, 5.74) is 2.20. The predicted octanol–water partition coefficient (Wildman–Crippen LogP) is 3.00. The largest absolute Gasteiger partial charge is 0.450 e. The summed E-state index contributed by atoms with van der Waals surface area (Å²) in [4.78, 5) is 24.7. The summed E-state index contributed by atoms with van der Waals surface area (Å²) in [6.45, 7) is 4.22. The van der Waals surface area contributed by atoms with Crippen molar-refractivity contribution < 1.29 is 9.53 Å². The Hall–Kier alpha value is -3.01. The van der Waals surface area contributed by atoms with Gasteiger partial charge in [-0.25, -0.2) is 4.79 Å². The van der Waals surface area contributed by atoms with Crippen molar-refractivity contribution >= 4 is 6.09 Å². The quantitative estimate of drug-likeness (QED) is 0.819. The van der Waals surface area contributed by atoms with Gasteiger partial charge in [-0.3, -0.25) is 15.0 Å². The van der Waals surface area contributed by atoms with Gasteiger partial charge in [0.1, 0.15) is 11.8 Å². The predicted molar refractivity (Wildman–Crippen MR) is 87.8 cm³/mol. The molecule has 7 nitrogen and oxygen atoms in total. The molecule has 2 heterocycles. The molecule has 0 aliphatic rings. The molecule has 0 aliphatic heterocycles. The Morgan fingerprint density at radius 1 is 1.33 bits per heavy atom. The van der Waals surface area contributed by atoms with Gasteiger partial charge in [-0.1, -0.05) is 13.3 Å². The number of rotatable bonds is 6. The van der Waals surface area contributed by atoms with Crippen LogP contribution in [0.1, 0.15) is 44.0 Å². The molecule has 0 aliphatic carbocycles. The number of carbonyl (C=O) groups is 1. The summed E-state index contributed by atoms with van der Waals surface area (Å²) in [7, 11) is 0. The molecule has 0 saturated carbocycles. The molecule has 24 heavy (non-hydrogen) atoms. The van der Waals surface area contributed by atoms with Gasteiger partial charge in [-0.2, -0.15) is 5.26 Å². The second-order valence-corrected chi connectivity index (χ2v) is 5.19. The molecule has 0 saturated heterocycles.